The molecule has 4 heteroatoms. The minimum absolute atomic E-state index is 0.174. The summed E-state index contributed by atoms with van der Waals surface area (Å²) < 4.78 is 0. The molecule has 0 atom stereocenters. The van der Waals surface area contributed by atoms with E-state index in [0.717, 1.165) is 11.1 Å². The zero-order valence-corrected chi connectivity index (χ0v) is 9.97. The van der Waals surface area contributed by atoms with E-state index in [2.05, 4.69) is 10.4 Å². The van der Waals surface area contributed by atoms with Gasteiger partial charge in [-0.1, -0.05) is 23.7 Å². The van der Waals surface area contributed by atoms with Gasteiger partial charge in [-0.3, -0.25) is 4.99 Å². The van der Waals surface area contributed by atoms with Crippen molar-refractivity contribution in [1.82, 2.24) is 5.43 Å². The monoisotopic (exact) mass is 225 g/mol. The Hall–Kier alpha value is -1.06. The maximum atomic E-state index is 6.17. The molecular weight excluding hydrogens is 210 g/mol. The number of hydrogen-bond donors (Lipinski definition) is 2. The fraction of sp³-hybridized carbons (Fsp3) is 0.364. The number of nitrogens with one attached hydrogen (secondary N) is 1. The molecule has 0 saturated carbocycles. The maximum absolute atomic E-state index is 6.17. The van der Waals surface area contributed by atoms with Gasteiger partial charge < -0.3 is 5.43 Å². The first-order valence-corrected chi connectivity index (χ1v) is 5.24. The average molecular weight is 226 g/mol. The second kappa shape index (κ2) is 5.14. The van der Waals surface area contributed by atoms with Gasteiger partial charge >= 0.3 is 0 Å². The van der Waals surface area contributed by atoms with Gasteiger partial charge in [0.1, 0.15) is 5.84 Å². The molecule has 82 valence electrons. The number of rotatable bonds is 2. The lowest BCUT2D eigenvalue weighted by atomic mass is 10.1. The van der Waals surface area contributed by atoms with Crippen LogP contribution in [0.25, 0.3) is 0 Å². The summed E-state index contributed by atoms with van der Waals surface area (Å²) >= 11 is 6.17. The second-order valence-corrected chi connectivity index (χ2v) is 4.03. The second-order valence-electron chi connectivity index (χ2n) is 3.65. The first-order chi connectivity index (χ1) is 7.06. The molecule has 0 bridgehead atoms. The number of hydrazine groups is 1. The molecule has 0 aromatic heterocycles. The van der Waals surface area contributed by atoms with Crippen LogP contribution < -0.4 is 11.3 Å². The van der Waals surface area contributed by atoms with E-state index < -0.39 is 0 Å². The lowest BCUT2D eigenvalue weighted by Crippen LogP contribution is -2.32. The van der Waals surface area contributed by atoms with Crippen molar-refractivity contribution in [1.29, 1.82) is 0 Å². The summed E-state index contributed by atoms with van der Waals surface area (Å²) in [5.74, 6) is 6.06. The van der Waals surface area contributed by atoms with E-state index >= 15 is 0 Å². The Morgan fingerprint density at radius 1 is 1.47 bits per heavy atom. The van der Waals surface area contributed by atoms with Gasteiger partial charge in [0.05, 0.1) is 5.02 Å². The number of amidine groups is 1. The highest BCUT2D eigenvalue weighted by atomic mass is 35.5. The molecule has 0 heterocycles. The highest BCUT2D eigenvalue weighted by Gasteiger charge is 2.08. The molecule has 0 amide bonds. The van der Waals surface area contributed by atoms with Gasteiger partial charge in [0, 0.05) is 11.6 Å². The topological polar surface area (TPSA) is 50.4 Å². The van der Waals surface area contributed by atoms with Crippen molar-refractivity contribution in [3.8, 4) is 0 Å². The summed E-state index contributed by atoms with van der Waals surface area (Å²) in [6.45, 7) is 5.93. The van der Waals surface area contributed by atoms with Crippen LogP contribution in [-0.2, 0) is 0 Å². The Labute approximate surface area is 95.3 Å². The van der Waals surface area contributed by atoms with Crippen LogP contribution in [0.4, 0.5) is 0 Å². The molecule has 0 radical (unpaired) electrons. The Kier molecular flexibility index (Phi) is 4.12. The van der Waals surface area contributed by atoms with Crippen LogP contribution in [0.1, 0.15) is 25.0 Å². The van der Waals surface area contributed by atoms with Crippen molar-refractivity contribution in [2.24, 2.45) is 10.8 Å². The van der Waals surface area contributed by atoms with E-state index in [9.17, 15) is 0 Å². The van der Waals surface area contributed by atoms with Crippen LogP contribution >= 0.6 is 11.6 Å². The zero-order valence-electron chi connectivity index (χ0n) is 9.21. The number of nitrogens with two attached hydrogens (primary N) is 1. The number of aryl methyl sites for hydroxylation is 1. The van der Waals surface area contributed by atoms with E-state index in [-0.39, 0.29) is 6.04 Å². The van der Waals surface area contributed by atoms with E-state index in [1.807, 2.05) is 39.0 Å². The molecule has 1 aromatic rings. The summed E-state index contributed by atoms with van der Waals surface area (Å²) in [5.41, 5.74) is 4.44. The number of aliphatic imine (C=N–C) groups is 1. The van der Waals surface area contributed by atoms with Crippen LogP contribution in [-0.4, -0.2) is 11.9 Å². The first-order valence-electron chi connectivity index (χ1n) is 4.86. The van der Waals surface area contributed by atoms with Crippen molar-refractivity contribution in [3.63, 3.8) is 0 Å². The summed E-state index contributed by atoms with van der Waals surface area (Å²) in [6.07, 6.45) is 0. The van der Waals surface area contributed by atoms with Gasteiger partial charge in [0.15, 0.2) is 0 Å². The van der Waals surface area contributed by atoms with E-state index in [0.29, 0.717) is 10.9 Å². The number of halogens is 1. The fourth-order valence-corrected chi connectivity index (χ4v) is 1.49. The van der Waals surface area contributed by atoms with Crippen LogP contribution in [0.5, 0.6) is 0 Å². The van der Waals surface area contributed by atoms with Gasteiger partial charge in [-0.05, 0) is 32.4 Å². The minimum atomic E-state index is 0.174. The predicted octanol–water partition coefficient (Wildman–Crippen LogP) is 2.27. The SMILES string of the molecule is Cc1cccc(C(=NC(C)C)NN)c1Cl. The Balaban J connectivity index is 3.19. The normalized spacial score (nSPS) is 12.0. The number of benzene rings is 1. The van der Waals surface area contributed by atoms with E-state index in [1.165, 1.54) is 0 Å². The quantitative estimate of drug-likeness (QED) is 0.351. The van der Waals surface area contributed by atoms with Crippen LogP contribution in [0, 0.1) is 6.92 Å². The molecule has 0 unspecified atom stereocenters. The maximum Gasteiger partial charge on any atom is 0.144 e. The van der Waals surface area contributed by atoms with Crippen molar-refractivity contribution < 1.29 is 0 Å². The molecule has 1 aromatic carbocycles. The Morgan fingerprint density at radius 2 is 2.13 bits per heavy atom. The molecule has 3 nitrogen and oxygen atoms in total. The van der Waals surface area contributed by atoms with Crippen molar-refractivity contribution >= 4 is 17.4 Å². The molecule has 0 aliphatic heterocycles. The molecular formula is C11H16ClN3. The molecule has 0 aliphatic rings. The summed E-state index contributed by atoms with van der Waals surface area (Å²) in [6, 6.07) is 5.96. The van der Waals surface area contributed by atoms with Crippen molar-refractivity contribution in [2.45, 2.75) is 26.8 Å². The first kappa shape index (κ1) is 12.0. The van der Waals surface area contributed by atoms with Gasteiger partial charge in [-0.2, -0.15) is 0 Å². The molecule has 0 aliphatic carbocycles. The van der Waals surface area contributed by atoms with Gasteiger partial charge in [0.25, 0.3) is 0 Å². The molecule has 0 fully saturated rings. The smallest absolute Gasteiger partial charge is 0.144 e. The van der Waals surface area contributed by atoms with E-state index in [1.54, 1.807) is 0 Å². The minimum Gasteiger partial charge on any atom is -0.308 e. The molecule has 3 N–H and O–H groups in total. The van der Waals surface area contributed by atoms with Crippen molar-refractivity contribution in [2.75, 3.05) is 0 Å². The molecule has 0 saturated heterocycles. The number of nitrogens with zero attached hydrogens (tertiary/aromatic N) is 1. The highest BCUT2D eigenvalue weighted by molar-refractivity contribution is 6.34. The molecule has 15 heavy (non-hydrogen) atoms. The third-order valence-electron chi connectivity index (χ3n) is 1.97. The standard InChI is InChI=1S/C11H16ClN3/c1-7(2)14-11(15-13)9-6-4-5-8(3)10(9)12/h4-7H,13H2,1-3H3,(H,14,15). The van der Waals surface area contributed by atoms with E-state index in [4.69, 9.17) is 17.4 Å². The Bertz CT molecular complexity index is 372. The number of hydrogen-bond acceptors (Lipinski definition) is 2. The highest BCUT2D eigenvalue weighted by Crippen LogP contribution is 2.20. The van der Waals surface area contributed by atoms with Gasteiger partial charge in [-0.15, -0.1) is 0 Å². The lowest BCUT2D eigenvalue weighted by Gasteiger charge is -2.10. The summed E-state index contributed by atoms with van der Waals surface area (Å²) in [7, 11) is 0. The zero-order chi connectivity index (χ0) is 11.4. The van der Waals surface area contributed by atoms with Crippen LogP contribution in [0.2, 0.25) is 5.02 Å². The fourth-order valence-electron chi connectivity index (χ4n) is 1.27. The van der Waals surface area contributed by atoms with Gasteiger partial charge in [-0.25, -0.2) is 5.84 Å². The van der Waals surface area contributed by atoms with Crippen LogP contribution in [0.3, 0.4) is 0 Å². The molecule has 1 rings (SSSR count). The predicted molar refractivity (Wildman–Crippen MR) is 65.2 cm³/mol. The molecule has 0 spiro atoms. The largest absolute Gasteiger partial charge is 0.308 e. The summed E-state index contributed by atoms with van der Waals surface area (Å²) in [5, 5.41) is 0.690. The third kappa shape index (κ3) is 2.94. The van der Waals surface area contributed by atoms with Gasteiger partial charge in [0.2, 0.25) is 0 Å². The van der Waals surface area contributed by atoms with Crippen molar-refractivity contribution in [3.05, 3.63) is 34.3 Å². The third-order valence-corrected chi connectivity index (χ3v) is 2.47. The van der Waals surface area contributed by atoms with Crippen LogP contribution in [0.15, 0.2) is 23.2 Å². The Morgan fingerprint density at radius 3 is 2.67 bits per heavy atom. The lowest BCUT2D eigenvalue weighted by molar-refractivity contribution is 0.820. The average Bonchev–Trinajstić information content (AvgIpc) is 2.19. The summed E-state index contributed by atoms with van der Waals surface area (Å²) in [4.78, 5) is 4.36.